The molecule has 1 aliphatic carbocycles. The van der Waals surface area contributed by atoms with E-state index in [4.69, 9.17) is 4.74 Å². The number of ether oxygens (including phenoxy) is 1. The zero-order chi connectivity index (χ0) is 16.0. The molecule has 0 saturated heterocycles. The summed E-state index contributed by atoms with van der Waals surface area (Å²) in [4.78, 5) is 35.2. The van der Waals surface area contributed by atoms with Gasteiger partial charge in [-0.1, -0.05) is 26.0 Å². The second-order valence-electron chi connectivity index (χ2n) is 5.71. The number of aliphatic carboxylic acids is 1. The highest BCUT2D eigenvalue weighted by Crippen LogP contribution is 2.26. The third-order valence-electron chi connectivity index (χ3n) is 3.60. The van der Waals surface area contributed by atoms with Crippen LogP contribution in [0.4, 0.5) is 0 Å². The van der Waals surface area contributed by atoms with E-state index in [1.807, 2.05) is 13.8 Å². The van der Waals surface area contributed by atoms with E-state index in [-0.39, 0.29) is 5.92 Å². The van der Waals surface area contributed by atoms with Crippen LogP contribution in [0.1, 0.15) is 33.1 Å². The quantitative estimate of drug-likeness (QED) is 0.570. The lowest BCUT2D eigenvalue weighted by Crippen LogP contribution is -2.47. The molecule has 6 nitrogen and oxygen atoms in total. The predicted octanol–water partition coefficient (Wildman–Crippen LogP) is 1.36. The van der Waals surface area contributed by atoms with Crippen LogP contribution in [0.2, 0.25) is 0 Å². The van der Waals surface area contributed by atoms with Crippen molar-refractivity contribution in [1.82, 2.24) is 5.32 Å². The molecule has 1 amide bonds. The first-order valence-corrected chi connectivity index (χ1v) is 7.12. The van der Waals surface area contributed by atoms with Crippen LogP contribution in [0.3, 0.4) is 0 Å². The highest BCUT2D eigenvalue weighted by atomic mass is 16.5. The Labute approximate surface area is 124 Å². The number of esters is 1. The van der Waals surface area contributed by atoms with Crippen LogP contribution in [0.15, 0.2) is 12.2 Å². The van der Waals surface area contributed by atoms with Crippen LogP contribution in [0, 0.1) is 17.8 Å². The number of carboxylic acid groups (broad SMARTS) is 1. The van der Waals surface area contributed by atoms with E-state index in [2.05, 4.69) is 5.32 Å². The van der Waals surface area contributed by atoms with Crippen molar-refractivity contribution in [3.8, 4) is 0 Å². The highest BCUT2D eigenvalue weighted by Gasteiger charge is 2.35. The number of carbonyl (C=O) groups is 3. The van der Waals surface area contributed by atoms with Gasteiger partial charge < -0.3 is 15.2 Å². The molecule has 1 rings (SSSR count). The number of hydrogen-bond donors (Lipinski definition) is 2. The average Bonchev–Trinajstić information content (AvgIpc) is 2.45. The summed E-state index contributed by atoms with van der Waals surface area (Å²) in [5.74, 6) is -3.08. The van der Waals surface area contributed by atoms with E-state index in [9.17, 15) is 19.5 Å². The standard InChI is InChI=1S/C15H23NO5/c1-9(2)8-12(15(20)21-3)16-13(17)10-6-4-5-7-11(10)14(18)19/h4-5,9-12H,6-8H2,1-3H3,(H,16,17)(H,18,19)/t10-,11+,12?/m1/s1. The van der Waals surface area contributed by atoms with Crippen molar-refractivity contribution in [3.05, 3.63) is 12.2 Å². The molecule has 1 unspecified atom stereocenters. The Morgan fingerprint density at radius 1 is 1.24 bits per heavy atom. The molecule has 0 fully saturated rings. The third-order valence-corrected chi connectivity index (χ3v) is 3.60. The van der Waals surface area contributed by atoms with Gasteiger partial charge in [0, 0.05) is 0 Å². The van der Waals surface area contributed by atoms with Crippen molar-refractivity contribution in [1.29, 1.82) is 0 Å². The van der Waals surface area contributed by atoms with Crippen LogP contribution < -0.4 is 5.32 Å². The van der Waals surface area contributed by atoms with Crippen molar-refractivity contribution in [2.75, 3.05) is 7.11 Å². The van der Waals surface area contributed by atoms with Gasteiger partial charge in [0.15, 0.2) is 0 Å². The summed E-state index contributed by atoms with van der Waals surface area (Å²) in [5.41, 5.74) is 0. The fourth-order valence-electron chi connectivity index (χ4n) is 2.48. The lowest BCUT2D eigenvalue weighted by atomic mass is 9.82. The molecule has 3 atom stereocenters. The van der Waals surface area contributed by atoms with Gasteiger partial charge in [-0.3, -0.25) is 9.59 Å². The summed E-state index contributed by atoms with van der Waals surface area (Å²) in [5, 5.41) is 11.8. The van der Waals surface area contributed by atoms with E-state index in [1.165, 1.54) is 7.11 Å². The van der Waals surface area contributed by atoms with E-state index >= 15 is 0 Å². The second kappa shape index (κ2) is 7.81. The summed E-state index contributed by atoms with van der Waals surface area (Å²) in [6, 6.07) is -0.733. The summed E-state index contributed by atoms with van der Waals surface area (Å²) in [7, 11) is 1.27. The first-order valence-electron chi connectivity index (χ1n) is 7.12. The summed E-state index contributed by atoms with van der Waals surface area (Å²) in [6.07, 6.45) is 4.74. The van der Waals surface area contributed by atoms with Gasteiger partial charge >= 0.3 is 11.9 Å². The number of nitrogens with one attached hydrogen (secondary N) is 1. The van der Waals surface area contributed by atoms with Gasteiger partial charge in [0.2, 0.25) is 5.91 Å². The monoisotopic (exact) mass is 297 g/mol. The maximum Gasteiger partial charge on any atom is 0.328 e. The van der Waals surface area contributed by atoms with Crippen LogP contribution in [0.5, 0.6) is 0 Å². The number of amides is 1. The number of rotatable bonds is 6. The van der Waals surface area contributed by atoms with Crippen molar-refractivity contribution in [2.24, 2.45) is 17.8 Å². The maximum absolute atomic E-state index is 12.3. The zero-order valence-electron chi connectivity index (χ0n) is 12.7. The van der Waals surface area contributed by atoms with Gasteiger partial charge in [0.25, 0.3) is 0 Å². The highest BCUT2D eigenvalue weighted by molar-refractivity contribution is 5.89. The molecular weight excluding hydrogens is 274 g/mol. The molecular formula is C15H23NO5. The second-order valence-corrected chi connectivity index (χ2v) is 5.71. The number of hydrogen-bond acceptors (Lipinski definition) is 4. The SMILES string of the molecule is COC(=O)C(CC(C)C)NC(=O)[C@@H]1CC=CC[C@@H]1C(=O)O. The van der Waals surface area contributed by atoms with E-state index in [0.717, 1.165) is 0 Å². The smallest absolute Gasteiger partial charge is 0.328 e. The molecule has 0 aromatic heterocycles. The largest absolute Gasteiger partial charge is 0.481 e. The van der Waals surface area contributed by atoms with Crippen LogP contribution in [0.25, 0.3) is 0 Å². The van der Waals surface area contributed by atoms with E-state index in [1.54, 1.807) is 12.2 Å². The normalized spacial score (nSPS) is 22.7. The van der Waals surface area contributed by atoms with Crippen LogP contribution in [-0.2, 0) is 19.1 Å². The van der Waals surface area contributed by atoms with Gasteiger partial charge in [0.1, 0.15) is 6.04 Å². The van der Waals surface area contributed by atoms with Crippen molar-refractivity contribution in [2.45, 2.75) is 39.2 Å². The Bertz CT molecular complexity index is 430. The molecule has 0 heterocycles. The van der Waals surface area contributed by atoms with Crippen LogP contribution in [-0.4, -0.2) is 36.1 Å². The van der Waals surface area contributed by atoms with Gasteiger partial charge in [-0.25, -0.2) is 4.79 Å². The first kappa shape index (κ1) is 17.2. The predicted molar refractivity (Wildman–Crippen MR) is 76.4 cm³/mol. The molecule has 0 aliphatic heterocycles. The summed E-state index contributed by atoms with van der Waals surface area (Å²) < 4.78 is 4.69. The Morgan fingerprint density at radius 2 is 1.81 bits per heavy atom. The Hall–Kier alpha value is -1.85. The molecule has 0 spiro atoms. The fourth-order valence-corrected chi connectivity index (χ4v) is 2.48. The molecule has 1 aliphatic rings. The molecule has 0 radical (unpaired) electrons. The van der Waals surface area contributed by atoms with Gasteiger partial charge in [-0.05, 0) is 25.2 Å². The lowest BCUT2D eigenvalue weighted by Gasteiger charge is -2.26. The first-order chi connectivity index (χ1) is 9.86. The van der Waals surface area contributed by atoms with Gasteiger partial charge in [-0.2, -0.15) is 0 Å². The lowest BCUT2D eigenvalue weighted by molar-refractivity contribution is -0.149. The average molecular weight is 297 g/mol. The molecule has 6 heteroatoms. The summed E-state index contributed by atoms with van der Waals surface area (Å²) in [6.45, 7) is 3.87. The summed E-state index contributed by atoms with van der Waals surface area (Å²) >= 11 is 0. The third kappa shape index (κ3) is 4.88. The minimum Gasteiger partial charge on any atom is -0.481 e. The maximum atomic E-state index is 12.3. The topological polar surface area (TPSA) is 92.7 Å². The number of methoxy groups -OCH3 is 1. The Balaban J connectivity index is 2.77. The molecule has 2 N–H and O–H groups in total. The molecule has 0 aromatic carbocycles. The fraction of sp³-hybridized carbons (Fsp3) is 0.667. The number of allylic oxidation sites excluding steroid dienone is 2. The molecule has 118 valence electrons. The van der Waals surface area contributed by atoms with E-state index < -0.39 is 35.7 Å². The Morgan fingerprint density at radius 3 is 2.29 bits per heavy atom. The molecule has 21 heavy (non-hydrogen) atoms. The number of carboxylic acids is 1. The van der Waals surface area contributed by atoms with E-state index in [0.29, 0.717) is 19.3 Å². The number of carbonyl (C=O) groups excluding carboxylic acids is 2. The van der Waals surface area contributed by atoms with Crippen molar-refractivity contribution < 1.29 is 24.2 Å². The molecule has 0 bridgehead atoms. The van der Waals surface area contributed by atoms with Gasteiger partial charge in [-0.15, -0.1) is 0 Å². The molecule has 0 aromatic rings. The minimum atomic E-state index is -0.988. The Kier molecular flexibility index (Phi) is 6.39. The minimum absolute atomic E-state index is 0.205. The van der Waals surface area contributed by atoms with Crippen molar-refractivity contribution >= 4 is 17.8 Å². The van der Waals surface area contributed by atoms with Gasteiger partial charge in [0.05, 0.1) is 18.9 Å². The molecule has 0 saturated carbocycles. The van der Waals surface area contributed by atoms with Crippen molar-refractivity contribution in [3.63, 3.8) is 0 Å². The zero-order valence-corrected chi connectivity index (χ0v) is 12.7. The van der Waals surface area contributed by atoms with Crippen LogP contribution >= 0.6 is 0 Å².